The van der Waals surface area contributed by atoms with Crippen LogP contribution in [0.2, 0.25) is 0 Å². The van der Waals surface area contributed by atoms with E-state index in [2.05, 4.69) is 15.5 Å². The van der Waals surface area contributed by atoms with E-state index in [1.807, 2.05) is 30.9 Å². The highest BCUT2D eigenvalue weighted by atomic mass is 16.5. The second-order valence-corrected chi connectivity index (χ2v) is 6.00. The van der Waals surface area contributed by atoms with E-state index in [-0.39, 0.29) is 11.9 Å². The molecule has 0 bridgehead atoms. The predicted molar refractivity (Wildman–Crippen MR) is 90.5 cm³/mol. The molecule has 1 N–H and O–H groups in total. The number of pyridine rings is 1. The Labute approximate surface area is 142 Å². The second kappa shape index (κ2) is 7.57. The highest BCUT2D eigenvalue weighted by Crippen LogP contribution is 2.24. The van der Waals surface area contributed by atoms with Gasteiger partial charge in [-0.05, 0) is 24.1 Å². The van der Waals surface area contributed by atoms with E-state index >= 15 is 0 Å². The van der Waals surface area contributed by atoms with Crippen LogP contribution in [0.25, 0.3) is 0 Å². The normalized spacial score (nSPS) is 17.9. The monoisotopic (exact) mass is 328 g/mol. The van der Waals surface area contributed by atoms with E-state index < -0.39 is 0 Å². The molecule has 2 aromatic heterocycles. The number of rotatable bonds is 5. The van der Waals surface area contributed by atoms with Gasteiger partial charge < -0.3 is 14.7 Å². The van der Waals surface area contributed by atoms with Crippen LogP contribution < -0.4 is 5.32 Å². The molecular weight excluding hydrogens is 304 g/mol. The molecule has 0 aromatic carbocycles. The number of carbonyl (C=O) groups excluding carboxylic acids is 1. The van der Waals surface area contributed by atoms with Crippen molar-refractivity contribution in [1.82, 2.24) is 20.4 Å². The SMILES string of the molecule is CCc1noc(CC)c1CC(=O)N1CCNCC1c1ccncc1. The van der Waals surface area contributed by atoms with Crippen molar-refractivity contribution >= 4 is 5.91 Å². The Balaban J connectivity index is 1.81. The number of hydrogen-bond acceptors (Lipinski definition) is 5. The zero-order chi connectivity index (χ0) is 16.9. The molecule has 1 fully saturated rings. The summed E-state index contributed by atoms with van der Waals surface area (Å²) in [6.07, 6.45) is 5.44. The summed E-state index contributed by atoms with van der Waals surface area (Å²) in [4.78, 5) is 19.0. The topological polar surface area (TPSA) is 71.3 Å². The molecule has 1 unspecified atom stereocenters. The molecule has 2 aromatic rings. The predicted octanol–water partition coefficient (Wildman–Crippen LogP) is 1.91. The fraction of sp³-hybridized carbons (Fsp3) is 0.500. The first-order chi connectivity index (χ1) is 11.7. The fourth-order valence-corrected chi connectivity index (χ4v) is 3.28. The van der Waals surface area contributed by atoms with Gasteiger partial charge in [-0.2, -0.15) is 0 Å². The first-order valence-electron chi connectivity index (χ1n) is 8.61. The third-order valence-corrected chi connectivity index (χ3v) is 4.59. The zero-order valence-corrected chi connectivity index (χ0v) is 14.3. The maximum atomic E-state index is 13.0. The molecule has 1 amide bonds. The number of aromatic nitrogens is 2. The Morgan fingerprint density at radius 2 is 2.12 bits per heavy atom. The number of amides is 1. The fourth-order valence-electron chi connectivity index (χ4n) is 3.28. The van der Waals surface area contributed by atoms with E-state index in [9.17, 15) is 4.79 Å². The molecule has 1 saturated heterocycles. The maximum absolute atomic E-state index is 13.0. The van der Waals surface area contributed by atoms with Gasteiger partial charge in [-0.25, -0.2) is 0 Å². The summed E-state index contributed by atoms with van der Waals surface area (Å²) in [5.74, 6) is 0.960. The van der Waals surface area contributed by atoms with Crippen molar-refractivity contribution in [2.45, 2.75) is 39.2 Å². The van der Waals surface area contributed by atoms with Crippen molar-refractivity contribution < 1.29 is 9.32 Å². The van der Waals surface area contributed by atoms with Crippen LogP contribution in [0.4, 0.5) is 0 Å². The molecule has 0 aliphatic carbocycles. The summed E-state index contributed by atoms with van der Waals surface area (Å²) in [5, 5.41) is 7.49. The lowest BCUT2D eigenvalue weighted by molar-refractivity contribution is -0.133. The van der Waals surface area contributed by atoms with Gasteiger partial charge in [0.2, 0.25) is 5.91 Å². The minimum atomic E-state index is 0.0456. The number of hydrogen-bond donors (Lipinski definition) is 1. The second-order valence-electron chi connectivity index (χ2n) is 6.00. The zero-order valence-electron chi connectivity index (χ0n) is 14.3. The molecule has 6 heteroatoms. The number of nitrogens with one attached hydrogen (secondary N) is 1. The molecule has 6 nitrogen and oxygen atoms in total. The van der Waals surface area contributed by atoms with Crippen molar-refractivity contribution in [3.05, 3.63) is 47.1 Å². The van der Waals surface area contributed by atoms with Crippen molar-refractivity contribution in [2.75, 3.05) is 19.6 Å². The standard InChI is InChI=1S/C18H24N4O2/c1-3-15-14(17(4-2)24-21-15)11-18(23)22-10-9-20-12-16(22)13-5-7-19-8-6-13/h5-8,16,20H,3-4,9-12H2,1-2H3. The summed E-state index contributed by atoms with van der Waals surface area (Å²) in [7, 11) is 0. The quantitative estimate of drug-likeness (QED) is 0.908. The van der Waals surface area contributed by atoms with Gasteiger partial charge in [0.05, 0.1) is 18.2 Å². The summed E-state index contributed by atoms with van der Waals surface area (Å²) in [5.41, 5.74) is 2.98. The highest BCUT2D eigenvalue weighted by Gasteiger charge is 2.29. The molecule has 0 saturated carbocycles. The molecule has 1 aliphatic rings. The number of aryl methyl sites for hydroxylation is 2. The minimum Gasteiger partial charge on any atom is -0.361 e. The summed E-state index contributed by atoms with van der Waals surface area (Å²) >= 11 is 0. The first-order valence-corrected chi connectivity index (χ1v) is 8.61. The van der Waals surface area contributed by atoms with Crippen LogP contribution in [0.3, 0.4) is 0 Å². The lowest BCUT2D eigenvalue weighted by atomic mass is 10.0. The number of carbonyl (C=O) groups is 1. The van der Waals surface area contributed by atoms with Gasteiger partial charge in [-0.1, -0.05) is 19.0 Å². The van der Waals surface area contributed by atoms with E-state index in [0.717, 1.165) is 48.5 Å². The van der Waals surface area contributed by atoms with Gasteiger partial charge in [0.1, 0.15) is 5.76 Å². The van der Waals surface area contributed by atoms with E-state index in [1.165, 1.54) is 0 Å². The van der Waals surface area contributed by atoms with Gasteiger partial charge in [0.25, 0.3) is 0 Å². The van der Waals surface area contributed by atoms with Crippen molar-refractivity contribution in [1.29, 1.82) is 0 Å². The van der Waals surface area contributed by atoms with Crippen LogP contribution in [0.1, 0.15) is 42.5 Å². The van der Waals surface area contributed by atoms with Gasteiger partial charge >= 0.3 is 0 Å². The minimum absolute atomic E-state index is 0.0456. The highest BCUT2D eigenvalue weighted by molar-refractivity contribution is 5.80. The van der Waals surface area contributed by atoms with Crippen LogP contribution in [0, 0.1) is 0 Å². The maximum Gasteiger partial charge on any atom is 0.227 e. The number of nitrogens with zero attached hydrogens (tertiary/aromatic N) is 3. The Kier molecular flexibility index (Phi) is 5.25. The summed E-state index contributed by atoms with van der Waals surface area (Å²) in [6.45, 7) is 6.35. The van der Waals surface area contributed by atoms with E-state index in [4.69, 9.17) is 4.52 Å². The van der Waals surface area contributed by atoms with Crippen molar-refractivity contribution in [3.63, 3.8) is 0 Å². The molecule has 1 aliphatic heterocycles. The Morgan fingerprint density at radius 3 is 2.83 bits per heavy atom. The first kappa shape index (κ1) is 16.6. The van der Waals surface area contributed by atoms with E-state index in [1.54, 1.807) is 12.4 Å². The summed E-state index contributed by atoms with van der Waals surface area (Å²) in [6, 6.07) is 4.00. The Bertz CT molecular complexity index is 662. The third-order valence-electron chi connectivity index (χ3n) is 4.59. The molecule has 128 valence electrons. The smallest absolute Gasteiger partial charge is 0.227 e. The Hall–Kier alpha value is -2.21. The van der Waals surface area contributed by atoms with Gasteiger partial charge in [0, 0.05) is 44.0 Å². The lowest BCUT2D eigenvalue weighted by Crippen LogP contribution is -2.49. The molecule has 0 radical (unpaired) electrons. The van der Waals surface area contributed by atoms with E-state index in [0.29, 0.717) is 13.0 Å². The van der Waals surface area contributed by atoms with Crippen LogP contribution in [0.15, 0.2) is 29.0 Å². The van der Waals surface area contributed by atoms with Crippen LogP contribution >= 0.6 is 0 Å². The molecule has 0 spiro atoms. The average molecular weight is 328 g/mol. The van der Waals surface area contributed by atoms with Crippen molar-refractivity contribution in [2.24, 2.45) is 0 Å². The molecule has 1 atom stereocenters. The van der Waals surface area contributed by atoms with Gasteiger partial charge in [-0.15, -0.1) is 0 Å². The molecular formula is C18H24N4O2. The van der Waals surface area contributed by atoms with Gasteiger partial charge in [0.15, 0.2) is 0 Å². The van der Waals surface area contributed by atoms with Crippen LogP contribution in [-0.4, -0.2) is 40.6 Å². The Morgan fingerprint density at radius 1 is 1.33 bits per heavy atom. The van der Waals surface area contributed by atoms with Crippen LogP contribution in [0.5, 0.6) is 0 Å². The average Bonchev–Trinajstić information content (AvgIpc) is 3.04. The summed E-state index contributed by atoms with van der Waals surface area (Å²) < 4.78 is 5.39. The molecule has 3 rings (SSSR count). The lowest BCUT2D eigenvalue weighted by Gasteiger charge is -2.36. The molecule has 24 heavy (non-hydrogen) atoms. The van der Waals surface area contributed by atoms with Gasteiger partial charge in [-0.3, -0.25) is 9.78 Å². The molecule has 3 heterocycles. The van der Waals surface area contributed by atoms with Crippen LogP contribution in [-0.2, 0) is 24.1 Å². The third kappa shape index (κ3) is 3.33. The van der Waals surface area contributed by atoms with Crippen molar-refractivity contribution in [3.8, 4) is 0 Å². The largest absolute Gasteiger partial charge is 0.361 e. The number of piperazine rings is 1.